The molecule has 3 atom stereocenters. The number of benzene rings is 2. The zero-order valence-corrected chi connectivity index (χ0v) is 16.7. The minimum Gasteiger partial charge on any atom is -0.464 e. The van der Waals surface area contributed by atoms with Crippen molar-refractivity contribution in [2.45, 2.75) is 20.9 Å². The number of Topliss-reactive ketones (excluding diaryl/α,β-unsaturated/α-hetero) is 1. The molecule has 8 heteroatoms. The predicted molar refractivity (Wildman–Crippen MR) is 101 cm³/mol. The monoisotopic (exact) mass is 483 g/mol. The summed E-state index contributed by atoms with van der Waals surface area (Å²) in [7, 11) is -3.99. The fourth-order valence-electron chi connectivity index (χ4n) is 3.63. The lowest BCUT2D eigenvalue weighted by Crippen LogP contribution is -2.36. The van der Waals surface area contributed by atoms with Crippen LogP contribution < -0.4 is 0 Å². The van der Waals surface area contributed by atoms with Crippen LogP contribution >= 0.6 is 22.6 Å². The summed E-state index contributed by atoms with van der Waals surface area (Å²) in [5, 5.41) is 0. The van der Waals surface area contributed by atoms with Gasteiger partial charge in [0.25, 0.3) is 0 Å². The van der Waals surface area contributed by atoms with Gasteiger partial charge in [0.1, 0.15) is 0 Å². The Bertz CT molecular complexity index is 1040. The topological polar surface area (TPSA) is 80.5 Å². The number of nitrogens with zero attached hydrogens (tertiary/aromatic N) is 1. The maximum atomic E-state index is 13.2. The Morgan fingerprint density at radius 3 is 2.35 bits per heavy atom. The molecule has 0 bridgehead atoms. The summed E-state index contributed by atoms with van der Waals surface area (Å²) in [5.74, 6) is -1.17. The Hall–Kier alpha value is -1.78. The Morgan fingerprint density at radius 2 is 1.69 bits per heavy atom. The third-order valence-electron chi connectivity index (χ3n) is 4.72. The van der Waals surface area contributed by atoms with Gasteiger partial charge >= 0.3 is 5.97 Å². The molecule has 0 saturated carbocycles. The number of ketones is 1. The van der Waals surface area contributed by atoms with Crippen LogP contribution in [0.4, 0.5) is 0 Å². The lowest BCUT2D eigenvalue weighted by molar-refractivity contribution is -0.147. The highest BCUT2D eigenvalue weighted by molar-refractivity contribution is 14.1. The first-order valence-electron chi connectivity index (χ1n) is 7.95. The Balaban J connectivity index is 1.97. The van der Waals surface area contributed by atoms with Crippen LogP contribution in [0.1, 0.15) is 22.8 Å². The van der Waals surface area contributed by atoms with E-state index in [0.29, 0.717) is 5.56 Å². The van der Waals surface area contributed by atoms with E-state index in [1.165, 1.54) is 6.07 Å². The fraction of sp³-hybridized carbons (Fsp3) is 0.222. The highest BCUT2D eigenvalue weighted by Gasteiger charge is 2.91. The highest BCUT2D eigenvalue weighted by Crippen LogP contribution is 2.72. The van der Waals surface area contributed by atoms with E-state index in [-0.39, 0.29) is 17.1 Å². The van der Waals surface area contributed by atoms with Gasteiger partial charge in [-0.15, -0.1) is 4.31 Å². The number of rotatable bonds is 4. The summed E-state index contributed by atoms with van der Waals surface area (Å²) in [4.78, 5) is 26.2. The molecule has 2 aromatic carbocycles. The van der Waals surface area contributed by atoms with Gasteiger partial charge in [0.05, 0.1) is 11.5 Å². The summed E-state index contributed by atoms with van der Waals surface area (Å²) < 4.78 is 30.7. The maximum Gasteiger partial charge on any atom is 0.335 e. The molecule has 1 unspecified atom stereocenters. The first kappa shape index (κ1) is 17.6. The van der Waals surface area contributed by atoms with Gasteiger partial charge in [0.15, 0.2) is 14.9 Å². The van der Waals surface area contributed by atoms with Crippen molar-refractivity contribution in [3.8, 4) is 0 Å². The average molecular weight is 483 g/mol. The number of alkyl halides is 1. The van der Waals surface area contributed by atoms with Crippen LogP contribution in [-0.2, 0) is 25.1 Å². The summed E-state index contributed by atoms with van der Waals surface area (Å²) in [6, 6.07) is 14.6. The molecule has 2 aromatic rings. The fourth-order valence-corrected chi connectivity index (χ4v) is 7.99. The lowest BCUT2D eigenvalue weighted by atomic mass is 9.91. The maximum absolute atomic E-state index is 13.2. The minimum atomic E-state index is -3.99. The molecule has 0 N–H and O–H groups in total. The largest absolute Gasteiger partial charge is 0.464 e. The summed E-state index contributed by atoms with van der Waals surface area (Å²) in [6.45, 7) is 1.73. The number of hydrogen-bond donors (Lipinski definition) is 0. The molecule has 2 aliphatic heterocycles. The Kier molecular flexibility index (Phi) is 3.80. The SMILES string of the molecule is CCOC(=O)[C@@]12c3ccccc3S(=O)(=O)N1[C@@]2(I)C(=O)c1ccccc1. The van der Waals surface area contributed by atoms with E-state index in [9.17, 15) is 18.0 Å². The van der Waals surface area contributed by atoms with E-state index in [1.54, 1.807) is 78.0 Å². The number of halogens is 1. The first-order chi connectivity index (χ1) is 12.3. The molecular formula is C18H14INO5S. The van der Waals surface area contributed by atoms with Crippen LogP contribution in [0.2, 0.25) is 0 Å². The molecular weight excluding hydrogens is 469 g/mol. The zero-order valence-electron chi connectivity index (χ0n) is 13.7. The van der Waals surface area contributed by atoms with Crippen molar-refractivity contribution in [3.63, 3.8) is 0 Å². The molecule has 134 valence electrons. The van der Waals surface area contributed by atoms with Crippen molar-refractivity contribution in [1.82, 2.24) is 4.31 Å². The second-order valence-corrected chi connectivity index (χ2v) is 9.33. The van der Waals surface area contributed by atoms with Gasteiger partial charge in [-0.2, -0.15) is 0 Å². The molecule has 2 aliphatic rings. The summed E-state index contributed by atoms with van der Waals surface area (Å²) in [5.41, 5.74) is -1.03. The molecule has 0 radical (unpaired) electrons. The average Bonchev–Trinajstić information content (AvgIpc) is 3.17. The standard InChI is InChI=1S/C18H14INO5S/c1-2-25-16(22)17-13-10-6-7-11-14(13)26(23,24)20(17)18(17,19)15(21)12-8-4-3-5-9-12/h3-11H,2H2,1H3/t17-,18+,20?/m1/s1. The number of fused-ring (bicyclic) bond motifs is 3. The second-order valence-electron chi connectivity index (χ2n) is 6.01. The highest BCUT2D eigenvalue weighted by atomic mass is 127. The van der Waals surface area contributed by atoms with E-state index < -0.39 is 30.9 Å². The van der Waals surface area contributed by atoms with Crippen molar-refractivity contribution < 1.29 is 22.7 Å². The van der Waals surface area contributed by atoms with E-state index in [2.05, 4.69) is 0 Å². The van der Waals surface area contributed by atoms with E-state index in [0.717, 1.165) is 4.31 Å². The number of esters is 1. The quantitative estimate of drug-likeness (QED) is 0.167. The van der Waals surface area contributed by atoms with Gasteiger partial charge in [0.2, 0.25) is 10.0 Å². The Labute approximate surface area is 164 Å². The van der Waals surface area contributed by atoms with E-state index in [1.807, 2.05) is 0 Å². The molecule has 4 rings (SSSR count). The molecule has 0 amide bonds. The van der Waals surface area contributed by atoms with Crippen molar-refractivity contribution in [2.24, 2.45) is 0 Å². The molecule has 26 heavy (non-hydrogen) atoms. The number of carbonyl (C=O) groups is 2. The van der Waals surface area contributed by atoms with Crippen molar-refractivity contribution in [1.29, 1.82) is 0 Å². The van der Waals surface area contributed by atoms with Gasteiger partial charge in [-0.3, -0.25) is 4.79 Å². The zero-order chi connectivity index (χ0) is 18.7. The molecule has 2 heterocycles. The minimum absolute atomic E-state index is 0.0428. The van der Waals surface area contributed by atoms with Crippen molar-refractivity contribution >= 4 is 44.4 Å². The molecule has 1 saturated heterocycles. The smallest absolute Gasteiger partial charge is 0.335 e. The van der Waals surface area contributed by atoms with Crippen molar-refractivity contribution in [3.05, 3.63) is 65.7 Å². The molecule has 0 aromatic heterocycles. The number of ether oxygens (including phenoxy) is 1. The van der Waals surface area contributed by atoms with Crippen LogP contribution in [0, 0.1) is 0 Å². The lowest BCUT2D eigenvalue weighted by Gasteiger charge is -2.18. The van der Waals surface area contributed by atoms with Gasteiger partial charge in [-0.05, 0) is 35.6 Å². The molecule has 0 spiro atoms. The van der Waals surface area contributed by atoms with Crippen LogP contribution in [0.5, 0.6) is 0 Å². The van der Waals surface area contributed by atoms with Gasteiger partial charge in [0, 0.05) is 11.1 Å². The second kappa shape index (κ2) is 5.61. The third-order valence-corrected chi connectivity index (χ3v) is 8.74. The van der Waals surface area contributed by atoms with E-state index in [4.69, 9.17) is 4.74 Å². The van der Waals surface area contributed by atoms with Crippen molar-refractivity contribution in [2.75, 3.05) is 6.61 Å². The van der Waals surface area contributed by atoms with Crippen LogP contribution in [0.25, 0.3) is 0 Å². The summed E-state index contributed by atoms with van der Waals surface area (Å²) >= 11 is 1.78. The van der Waals surface area contributed by atoms with Crippen LogP contribution in [0.15, 0.2) is 59.5 Å². The van der Waals surface area contributed by atoms with Crippen LogP contribution in [-0.4, -0.2) is 34.6 Å². The Morgan fingerprint density at radius 1 is 1.08 bits per heavy atom. The number of hydrogen-bond acceptors (Lipinski definition) is 5. The third kappa shape index (κ3) is 1.87. The normalized spacial score (nSPS) is 30.2. The molecule has 1 fully saturated rings. The van der Waals surface area contributed by atoms with Crippen LogP contribution in [0.3, 0.4) is 0 Å². The van der Waals surface area contributed by atoms with Gasteiger partial charge < -0.3 is 4.74 Å². The van der Waals surface area contributed by atoms with E-state index >= 15 is 0 Å². The molecule has 0 aliphatic carbocycles. The molecule has 6 nitrogen and oxygen atoms in total. The van der Waals surface area contributed by atoms with Gasteiger partial charge in [-0.1, -0.05) is 48.5 Å². The van der Waals surface area contributed by atoms with Gasteiger partial charge in [-0.25, -0.2) is 13.2 Å². The first-order valence-corrected chi connectivity index (χ1v) is 10.5. The summed E-state index contributed by atoms with van der Waals surface area (Å²) in [6.07, 6.45) is 0. The number of sulfonamides is 1. The number of carbonyl (C=O) groups excluding carboxylic acids is 2. The predicted octanol–water partition coefficient (Wildman–Crippen LogP) is 2.48.